The van der Waals surface area contributed by atoms with Gasteiger partial charge < -0.3 is 20.1 Å². The lowest BCUT2D eigenvalue weighted by Crippen LogP contribution is -2.52. The van der Waals surface area contributed by atoms with Gasteiger partial charge in [-0.25, -0.2) is 13.2 Å². The Kier molecular flexibility index (Phi) is 5.98. The Hall–Kier alpha value is -3.70. The maximum atomic E-state index is 16.6. The van der Waals surface area contributed by atoms with Gasteiger partial charge in [-0.3, -0.25) is 9.88 Å². The molecule has 11 heteroatoms. The van der Waals surface area contributed by atoms with Crippen molar-refractivity contribution in [1.82, 2.24) is 25.2 Å². The summed E-state index contributed by atoms with van der Waals surface area (Å²) in [6.45, 7) is 2.90. The van der Waals surface area contributed by atoms with Crippen LogP contribution in [0.5, 0.6) is 11.8 Å². The number of hydrogen-bond acceptors (Lipinski definition) is 8. The number of anilines is 1. The van der Waals surface area contributed by atoms with Gasteiger partial charge in [-0.15, -0.1) is 0 Å². The Morgan fingerprint density at radius 1 is 1.10 bits per heavy atom. The van der Waals surface area contributed by atoms with Gasteiger partial charge in [0.25, 0.3) is 0 Å². The van der Waals surface area contributed by atoms with E-state index >= 15 is 8.78 Å². The van der Waals surface area contributed by atoms with E-state index in [0.29, 0.717) is 29.7 Å². The van der Waals surface area contributed by atoms with Gasteiger partial charge in [0.2, 0.25) is 0 Å². The third-order valence-corrected chi connectivity index (χ3v) is 9.66. The second-order valence-corrected chi connectivity index (χ2v) is 12.2. The molecule has 2 aromatic carbocycles. The summed E-state index contributed by atoms with van der Waals surface area (Å²) < 4.78 is 53.3. The number of nitrogens with one attached hydrogen (secondary N) is 1. The molecule has 4 fully saturated rings. The van der Waals surface area contributed by atoms with Crippen LogP contribution in [0.4, 0.5) is 19.0 Å². The molecule has 8 rings (SSSR count). The number of halogens is 3. The first-order valence-corrected chi connectivity index (χ1v) is 14.7. The number of rotatable bonds is 5. The molecule has 4 saturated heterocycles. The molecule has 2 unspecified atom stereocenters. The molecule has 4 atom stereocenters. The Bertz CT molecular complexity index is 1710. The van der Waals surface area contributed by atoms with Crippen molar-refractivity contribution in [2.45, 2.75) is 55.9 Å². The van der Waals surface area contributed by atoms with Crippen molar-refractivity contribution in [3.05, 3.63) is 48.2 Å². The van der Waals surface area contributed by atoms with Crippen molar-refractivity contribution in [3.63, 3.8) is 0 Å². The quantitative estimate of drug-likeness (QED) is 0.353. The van der Waals surface area contributed by atoms with E-state index < -0.39 is 23.3 Å². The van der Waals surface area contributed by atoms with Crippen LogP contribution in [0.15, 0.2) is 36.5 Å². The van der Waals surface area contributed by atoms with E-state index in [4.69, 9.17) is 9.72 Å². The third-order valence-electron chi connectivity index (χ3n) is 9.66. The number of piperazine rings is 1. The second kappa shape index (κ2) is 9.67. The molecule has 6 heterocycles. The standard InChI is InChI=1S/C31H31F3N6O2/c32-18-12-31(6-2-8-39(31)15-18)16-42-30-37-28-23(29(38-30)40-19-4-5-20(40)14-35-13-19)11-24(33)25(26(28)34)22-10-21(41)9-17-3-1-7-36-27(17)22/h1,3,7,9-11,18-20,35,41H,2,4-6,8,12-16H2/t18-,19?,20?,31+/m1/s1. The fraction of sp³-hybridized carbons (Fsp3) is 0.452. The zero-order valence-corrected chi connectivity index (χ0v) is 23.0. The SMILES string of the molecule is Oc1cc(-c2c(F)cc3c(N4C5CCC4CNC5)nc(OC[C@@]45CCCN4C[C@H](F)C5)nc3c2F)c2ncccc2c1. The molecule has 0 spiro atoms. The predicted molar refractivity (Wildman–Crippen MR) is 153 cm³/mol. The van der Waals surface area contributed by atoms with Crippen LogP contribution in [0.2, 0.25) is 0 Å². The topological polar surface area (TPSA) is 86.6 Å². The van der Waals surface area contributed by atoms with Crippen molar-refractivity contribution < 1.29 is 23.0 Å². The number of hydrogen-bond donors (Lipinski definition) is 2. The van der Waals surface area contributed by atoms with Gasteiger partial charge >= 0.3 is 6.01 Å². The highest BCUT2D eigenvalue weighted by atomic mass is 19.1. The number of aromatic nitrogens is 3. The van der Waals surface area contributed by atoms with Crippen LogP contribution in [0, 0.1) is 11.6 Å². The first-order valence-electron chi connectivity index (χ1n) is 14.7. The summed E-state index contributed by atoms with van der Waals surface area (Å²) in [6.07, 6.45) is 4.69. The summed E-state index contributed by atoms with van der Waals surface area (Å²) in [5.41, 5.74) is -0.316. The van der Waals surface area contributed by atoms with Crippen LogP contribution in [0.25, 0.3) is 32.9 Å². The van der Waals surface area contributed by atoms with Gasteiger partial charge in [-0.05, 0) is 56.5 Å². The number of aromatic hydroxyl groups is 1. The molecule has 42 heavy (non-hydrogen) atoms. The van der Waals surface area contributed by atoms with E-state index in [0.717, 1.165) is 45.3 Å². The molecule has 8 nitrogen and oxygen atoms in total. The van der Waals surface area contributed by atoms with Gasteiger partial charge in [-0.1, -0.05) is 6.07 Å². The average molecular weight is 577 g/mol. The average Bonchev–Trinajstić information content (AvgIpc) is 3.58. The molecule has 0 amide bonds. The van der Waals surface area contributed by atoms with Crippen molar-refractivity contribution in [3.8, 4) is 22.9 Å². The Balaban J connectivity index is 1.29. The number of fused-ring (bicyclic) bond motifs is 5. The fourth-order valence-electron chi connectivity index (χ4n) is 7.81. The highest BCUT2D eigenvalue weighted by Crippen LogP contribution is 2.43. The van der Waals surface area contributed by atoms with Crippen LogP contribution < -0.4 is 15.0 Å². The molecule has 2 N–H and O–H groups in total. The van der Waals surface area contributed by atoms with Crippen molar-refractivity contribution in [2.75, 3.05) is 37.7 Å². The lowest BCUT2D eigenvalue weighted by molar-refractivity contribution is 0.107. The first-order chi connectivity index (χ1) is 20.4. The summed E-state index contributed by atoms with van der Waals surface area (Å²) in [7, 11) is 0. The lowest BCUT2D eigenvalue weighted by Gasteiger charge is -2.37. The number of ether oxygens (including phenoxy) is 1. The second-order valence-electron chi connectivity index (χ2n) is 12.2. The first kappa shape index (κ1) is 26.0. The lowest BCUT2D eigenvalue weighted by atomic mass is 9.95. The molecule has 0 radical (unpaired) electrons. The largest absolute Gasteiger partial charge is 0.508 e. The van der Waals surface area contributed by atoms with Gasteiger partial charge in [0.15, 0.2) is 5.82 Å². The van der Waals surface area contributed by atoms with Crippen molar-refractivity contribution >= 4 is 27.6 Å². The summed E-state index contributed by atoms with van der Waals surface area (Å²) >= 11 is 0. The van der Waals surface area contributed by atoms with Crippen molar-refractivity contribution in [1.29, 1.82) is 0 Å². The highest BCUT2D eigenvalue weighted by molar-refractivity contribution is 6.00. The summed E-state index contributed by atoms with van der Waals surface area (Å²) in [4.78, 5) is 17.9. The number of phenolic OH excluding ortho intramolecular Hbond substituents is 1. The molecule has 218 valence electrons. The minimum Gasteiger partial charge on any atom is -0.508 e. The number of nitrogens with zero attached hydrogens (tertiary/aromatic N) is 5. The Labute approximate surface area is 240 Å². The number of alkyl halides is 1. The molecule has 4 aliphatic heterocycles. The maximum Gasteiger partial charge on any atom is 0.319 e. The molecule has 0 saturated carbocycles. The van der Waals surface area contributed by atoms with Crippen LogP contribution in [-0.2, 0) is 0 Å². The minimum absolute atomic E-state index is 0.00526. The highest BCUT2D eigenvalue weighted by Gasteiger charge is 2.49. The minimum atomic E-state index is -0.910. The smallest absolute Gasteiger partial charge is 0.319 e. The van der Waals surface area contributed by atoms with Gasteiger partial charge in [0.05, 0.1) is 16.6 Å². The molecule has 0 aliphatic carbocycles. The van der Waals surface area contributed by atoms with Crippen LogP contribution in [0.3, 0.4) is 0 Å². The van der Waals surface area contributed by atoms with E-state index in [-0.39, 0.29) is 52.5 Å². The molecule has 4 aliphatic rings. The zero-order chi connectivity index (χ0) is 28.6. The molecule has 4 aromatic rings. The summed E-state index contributed by atoms with van der Waals surface area (Å²) in [6, 6.07) is 7.79. The molecule has 2 bridgehead atoms. The van der Waals surface area contributed by atoms with E-state index in [1.807, 2.05) is 0 Å². The Morgan fingerprint density at radius 3 is 2.76 bits per heavy atom. The Morgan fingerprint density at radius 2 is 1.93 bits per heavy atom. The van der Waals surface area contributed by atoms with Gasteiger partial charge in [-0.2, -0.15) is 9.97 Å². The van der Waals surface area contributed by atoms with Gasteiger partial charge in [0.1, 0.15) is 35.7 Å². The predicted octanol–water partition coefficient (Wildman–Crippen LogP) is 4.72. The van der Waals surface area contributed by atoms with Gasteiger partial charge in [0, 0.05) is 60.7 Å². The maximum absolute atomic E-state index is 16.6. The summed E-state index contributed by atoms with van der Waals surface area (Å²) in [5.74, 6) is -1.34. The zero-order valence-electron chi connectivity index (χ0n) is 23.0. The molecular weight excluding hydrogens is 545 g/mol. The van der Waals surface area contributed by atoms with Crippen LogP contribution in [0.1, 0.15) is 32.1 Å². The molecule has 2 aromatic heterocycles. The molecular formula is C31H31F3N6O2. The van der Waals surface area contributed by atoms with E-state index in [1.54, 1.807) is 18.3 Å². The number of benzene rings is 2. The van der Waals surface area contributed by atoms with E-state index in [2.05, 4.69) is 25.1 Å². The van der Waals surface area contributed by atoms with Crippen LogP contribution in [-0.4, -0.2) is 81.5 Å². The fourth-order valence-corrected chi connectivity index (χ4v) is 7.81. The van der Waals surface area contributed by atoms with E-state index in [1.165, 1.54) is 18.2 Å². The number of phenols is 1. The van der Waals surface area contributed by atoms with Crippen molar-refractivity contribution in [2.24, 2.45) is 0 Å². The summed E-state index contributed by atoms with van der Waals surface area (Å²) in [5, 5.41) is 14.7. The van der Waals surface area contributed by atoms with Crippen LogP contribution >= 0.6 is 0 Å². The monoisotopic (exact) mass is 576 g/mol. The number of pyridine rings is 1. The normalized spacial score (nSPS) is 27.3. The third kappa shape index (κ3) is 4.00. The van der Waals surface area contributed by atoms with E-state index in [9.17, 15) is 9.50 Å².